The molecule has 2 fully saturated rings. The van der Waals surface area contributed by atoms with Crippen LogP contribution < -0.4 is 0 Å². The van der Waals surface area contributed by atoms with E-state index in [9.17, 15) is 0 Å². The molecular formula is C24H34N2. The maximum absolute atomic E-state index is 5.30. The zero-order valence-corrected chi connectivity index (χ0v) is 16.7. The first-order valence-electron chi connectivity index (χ1n) is 11.0. The Bertz CT molecular complexity index is 741. The van der Waals surface area contributed by atoms with Gasteiger partial charge in [-0.2, -0.15) is 0 Å². The molecular weight excluding hydrogens is 316 g/mol. The van der Waals surface area contributed by atoms with Gasteiger partial charge in [-0.25, -0.2) is 9.97 Å². The molecule has 1 aromatic heterocycles. The maximum atomic E-state index is 5.30. The highest BCUT2D eigenvalue weighted by atomic mass is 14.9. The third-order valence-corrected chi connectivity index (χ3v) is 7.45. The lowest BCUT2D eigenvalue weighted by Gasteiger charge is -2.28. The van der Waals surface area contributed by atoms with Crippen molar-refractivity contribution in [3.05, 3.63) is 35.7 Å². The molecule has 1 unspecified atom stereocenters. The van der Waals surface area contributed by atoms with Crippen LogP contribution in [0.25, 0.3) is 11.0 Å². The highest BCUT2D eigenvalue weighted by molar-refractivity contribution is 5.74. The minimum absolute atomic E-state index is 0.621. The summed E-state index contributed by atoms with van der Waals surface area (Å²) in [6.07, 6.45) is 10.6. The number of hydrogen-bond acceptors (Lipinski definition) is 2. The van der Waals surface area contributed by atoms with Crippen molar-refractivity contribution < 1.29 is 0 Å². The van der Waals surface area contributed by atoms with Gasteiger partial charge in [0.25, 0.3) is 0 Å². The van der Waals surface area contributed by atoms with E-state index in [2.05, 4.69) is 45.0 Å². The molecule has 0 N–H and O–H groups in total. The summed E-state index contributed by atoms with van der Waals surface area (Å²) in [5, 5.41) is 0. The molecule has 2 aliphatic carbocycles. The molecule has 26 heavy (non-hydrogen) atoms. The van der Waals surface area contributed by atoms with E-state index in [0.29, 0.717) is 11.8 Å². The summed E-state index contributed by atoms with van der Waals surface area (Å²) in [5.41, 5.74) is 4.93. The van der Waals surface area contributed by atoms with Crippen molar-refractivity contribution in [1.29, 1.82) is 0 Å². The van der Waals surface area contributed by atoms with Gasteiger partial charge in [-0.1, -0.05) is 58.6 Å². The van der Waals surface area contributed by atoms with Gasteiger partial charge in [0.15, 0.2) is 0 Å². The van der Waals surface area contributed by atoms with Crippen LogP contribution in [0.4, 0.5) is 0 Å². The molecule has 0 amide bonds. The largest absolute Gasteiger partial charge is 0.249 e. The van der Waals surface area contributed by atoms with Crippen LogP contribution in [0.15, 0.2) is 24.3 Å². The standard InChI is InChI=1S/C24H34N2/c1-4-16-10-9-11-19(16)23-24(22-17(5-2)14-15-18(22)6-3)26-21-13-8-7-12-20(21)25-23/h7-8,12-13,16-19,22H,4-6,9-11,14-15H2,1-3H3/t16-,17-,18-,19?/m1/s1. The van der Waals surface area contributed by atoms with Crippen LogP contribution in [0.3, 0.4) is 0 Å². The van der Waals surface area contributed by atoms with Gasteiger partial charge in [0.1, 0.15) is 0 Å². The molecule has 1 aromatic carbocycles. The SMILES string of the molecule is CC[C@@H]1CCCC1c1nc2ccccc2nc1C1[C@H](CC)CC[C@H]1CC. The van der Waals surface area contributed by atoms with Gasteiger partial charge in [-0.3, -0.25) is 0 Å². The first kappa shape index (κ1) is 17.9. The van der Waals surface area contributed by atoms with E-state index in [1.807, 2.05) is 0 Å². The van der Waals surface area contributed by atoms with Gasteiger partial charge in [0.2, 0.25) is 0 Å². The van der Waals surface area contributed by atoms with Gasteiger partial charge in [0, 0.05) is 11.8 Å². The van der Waals surface area contributed by atoms with E-state index in [4.69, 9.17) is 9.97 Å². The van der Waals surface area contributed by atoms with Gasteiger partial charge in [-0.15, -0.1) is 0 Å². The molecule has 4 atom stereocenters. The van der Waals surface area contributed by atoms with Gasteiger partial charge < -0.3 is 0 Å². The van der Waals surface area contributed by atoms with Crippen molar-refractivity contribution in [2.45, 2.75) is 84.0 Å². The fourth-order valence-electron chi connectivity index (χ4n) is 5.97. The van der Waals surface area contributed by atoms with E-state index in [1.165, 1.54) is 62.8 Å². The smallest absolute Gasteiger partial charge is 0.0890 e. The fourth-order valence-corrected chi connectivity index (χ4v) is 5.97. The molecule has 2 saturated carbocycles. The van der Waals surface area contributed by atoms with Crippen LogP contribution in [0.1, 0.15) is 95.4 Å². The quantitative estimate of drug-likeness (QED) is 0.589. The predicted molar refractivity (Wildman–Crippen MR) is 109 cm³/mol. The molecule has 0 spiro atoms. The van der Waals surface area contributed by atoms with Crippen molar-refractivity contribution in [3.8, 4) is 0 Å². The summed E-state index contributed by atoms with van der Waals surface area (Å²) in [5.74, 6) is 3.62. The monoisotopic (exact) mass is 350 g/mol. The first-order valence-corrected chi connectivity index (χ1v) is 11.0. The zero-order chi connectivity index (χ0) is 18.1. The molecule has 0 saturated heterocycles. The second-order valence-electron chi connectivity index (χ2n) is 8.63. The lowest BCUT2D eigenvalue weighted by molar-refractivity contribution is 0.375. The molecule has 0 bridgehead atoms. The second-order valence-corrected chi connectivity index (χ2v) is 8.63. The number of nitrogens with zero attached hydrogens (tertiary/aromatic N) is 2. The molecule has 4 rings (SSSR count). The Morgan fingerprint density at radius 1 is 0.731 bits per heavy atom. The Kier molecular flexibility index (Phi) is 5.29. The fraction of sp³-hybridized carbons (Fsp3) is 0.667. The second kappa shape index (κ2) is 7.66. The van der Waals surface area contributed by atoms with Gasteiger partial charge in [-0.05, 0) is 55.6 Å². The van der Waals surface area contributed by atoms with Crippen molar-refractivity contribution >= 4 is 11.0 Å². The molecule has 0 aliphatic heterocycles. The van der Waals surface area contributed by atoms with Gasteiger partial charge in [0.05, 0.1) is 22.4 Å². The maximum Gasteiger partial charge on any atom is 0.0890 e. The number of fused-ring (bicyclic) bond motifs is 1. The van der Waals surface area contributed by atoms with Crippen LogP contribution in [0, 0.1) is 17.8 Å². The third-order valence-electron chi connectivity index (χ3n) is 7.45. The Morgan fingerprint density at radius 3 is 1.88 bits per heavy atom. The average molecular weight is 351 g/mol. The van der Waals surface area contributed by atoms with E-state index in [0.717, 1.165) is 28.8 Å². The minimum Gasteiger partial charge on any atom is -0.249 e. The number of rotatable bonds is 5. The topological polar surface area (TPSA) is 25.8 Å². The number of aromatic nitrogens is 2. The first-order chi connectivity index (χ1) is 12.8. The molecule has 2 nitrogen and oxygen atoms in total. The van der Waals surface area contributed by atoms with Crippen LogP contribution in [-0.4, -0.2) is 9.97 Å². The van der Waals surface area contributed by atoms with Crippen LogP contribution in [0.2, 0.25) is 0 Å². The van der Waals surface area contributed by atoms with Crippen LogP contribution >= 0.6 is 0 Å². The average Bonchev–Trinajstić information content (AvgIpc) is 3.32. The zero-order valence-electron chi connectivity index (χ0n) is 16.7. The van der Waals surface area contributed by atoms with E-state index in [1.54, 1.807) is 0 Å². The predicted octanol–water partition coefficient (Wildman–Crippen LogP) is 6.85. The minimum atomic E-state index is 0.621. The van der Waals surface area contributed by atoms with E-state index in [-0.39, 0.29) is 0 Å². The van der Waals surface area contributed by atoms with Crippen LogP contribution in [0.5, 0.6) is 0 Å². The number of para-hydroxylation sites is 2. The summed E-state index contributed by atoms with van der Waals surface area (Å²) in [4.78, 5) is 10.6. The lowest BCUT2D eigenvalue weighted by Crippen LogP contribution is -2.20. The molecule has 1 heterocycles. The van der Waals surface area contributed by atoms with E-state index < -0.39 is 0 Å². The summed E-state index contributed by atoms with van der Waals surface area (Å²) in [6, 6.07) is 8.51. The number of hydrogen-bond donors (Lipinski definition) is 0. The number of benzene rings is 1. The molecule has 2 aromatic rings. The normalized spacial score (nSPS) is 29.7. The van der Waals surface area contributed by atoms with Crippen LogP contribution in [-0.2, 0) is 0 Å². The van der Waals surface area contributed by atoms with Crippen molar-refractivity contribution in [2.75, 3.05) is 0 Å². The molecule has 0 radical (unpaired) electrons. The highest BCUT2D eigenvalue weighted by Crippen LogP contribution is 2.50. The van der Waals surface area contributed by atoms with Crippen molar-refractivity contribution in [2.24, 2.45) is 17.8 Å². The molecule has 2 aliphatic rings. The third kappa shape index (κ3) is 3.06. The van der Waals surface area contributed by atoms with E-state index >= 15 is 0 Å². The van der Waals surface area contributed by atoms with Gasteiger partial charge >= 0.3 is 0 Å². The highest BCUT2D eigenvalue weighted by Gasteiger charge is 2.40. The Balaban J connectivity index is 1.87. The van der Waals surface area contributed by atoms with Crippen molar-refractivity contribution in [3.63, 3.8) is 0 Å². The molecule has 2 heteroatoms. The Labute approximate surface area is 158 Å². The summed E-state index contributed by atoms with van der Waals surface area (Å²) < 4.78 is 0. The summed E-state index contributed by atoms with van der Waals surface area (Å²) >= 11 is 0. The summed E-state index contributed by atoms with van der Waals surface area (Å²) in [6.45, 7) is 7.10. The lowest BCUT2D eigenvalue weighted by atomic mass is 9.79. The van der Waals surface area contributed by atoms with Crippen molar-refractivity contribution in [1.82, 2.24) is 9.97 Å². The molecule has 140 valence electrons. The summed E-state index contributed by atoms with van der Waals surface area (Å²) in [7, 11) is 0. The Morgan fingerprint density at radius 2 is 1.31 bits per heavy atom. The Hall–Kier alpha value is -1.44.